The van der Waals surface area contributed by atoms with E-state index in [9.17, 15) is 9.59 Å². The number of para-hydroxylation sites is 2. The standard InChI is InChI=1S/C24H22N4O2S/c1-2-13-28-23(30)18-9-3-5-10-20(18)26-24(28)31-16-22(29)19-15-27(14-7-12-25)21-11-6-4-8-17(19)21/h3-6,8-11,15H,2,7,13-14,16H2,1H3. The third-order valence-electron chi connectivity index (χ3n) is 5.16. The zero-order chi connectivity index (χ0) is 21.8. The van der Waals surface area contributed by atoms with Crippen molar-refractivity contribution < 1.29 is 4.79 Å². The van der Waals surface area contributed by atoms with E-state index in [1.54, 1.807) is 10.6 Å². The first-order chi connectivity index (χ1) is 15.1. The maximum Gasteiger partial charge on any atom is 0.262 e. The van der Waals surface area contributed by atoms with E-state index in [1.165, 1.54) is 11.8 Å². The Bertz CT molecular complexity index is 1360. The summed E-state index contributed by atoms with van der Waals surface area (Å²) in [5.41, 5.74) is 2.14. The Morgan fingerprint density at radius 1 is 1.10 bits per heavy atom. The molecule has 2 aromatic heterocycles. The summed E-state index contributed by atoms with van der Waals surface area (Å²) in [6.07, 6.45) is 3.01. The predicted molar refractivity (Wildman–Crippen MR) is 124 cm³/mol. The molecule has 0 saturated heterocycles. The van der Waals surface area contributed by atoms with Crippen LogP contribution in [0.15, 0.2) is 64.7 Å². The molecule has 156 valence electrons. The van der Waals surface area contributed by atoms with Crippen LogP contribution in [0, 0.1) is 11.3 Å². The van der Waals surface area contributed by atoms with E-state index < -0.39 is 0 Å². The fourth-order valence-electron chi connectivity index (χ4n) is 3.71. The van der Waals surface area contributed by atoms with Crippen LogP contribution >= 0.6 is 11.8 Å². The molecule has 0 aliphatic rings. The summed E-state index contributed by atoms with van der Waals surface area (Å²) in [6.45, 7) is 3.11. The number of hydrogen-bond donors (Lipinski definition) is 0. The highest BCUT2D eigenvalue weighted by Crippen LogP contribution is 2.25. The SMILES string of the molecule is CCCn1c(SCC(=O)c2cn(CCC#N)c3ccccc23)nc2ccccc2c1=O. The summed E-state index contributed by atoms with van der Waals surface area (Å²) < 4.78 is 3.62. The van der Waals surface area contributed by atoms with Crippen molar-refractivity contribution >= 4 is 39.4 Å². The normalized spacial score (nSPS) is 11.1. The number of fused-ring (bicyclic) bond motifs is 2. The molecule has 7 heteroatoms. The lowest BCUT2D eigenvalue weighted by Crippen LogP contribution is -2.23. The molecule has 2 aromatic carbocycles. The molecule has 6 nitrogen and oxygen atoms in total. The molecule has 4 aromatic rings. The molecule has 0 spiro atoms. The molecule has 31 heavy (non-hydrogen) atoms. The van der Waals surface area contributed by atoms with Gasteiger partial charge in [0.25, 0.3) is 5.56 Å². The Balaban J connectivity index is 1.65. The molecule has 4 rings (SSSR count). The van der Waals surface area contributed by atoms with E-state index in [0.717, 1.165) is 17.3 Å². The predicted octanol–water partition coefficient (Wildman–Crippen LogP) is 4.65. The van der Waals surface area contributed by atoms with Crippen LogP contribution in [0.4, 0.5) is 0 Å². The highest BCUT2D eigenvalue weighted by Gasteiger charge is 2.17. The quantitative estimate of drug-likeness (QED) is 0.231. The van der Waals surface area contributed by atoms with Crippen molar-refractivity contribution in [2.24, 2.45) is 0 Å². The minimum atomic E-state index is -0.0736. The van der Waals surface area contributed by atoms with E-state index >= 15 is 0 Å². The first kappa shape index (κ1) is 20.9. The summed E-state index contributed by atoms with van der Waals surface area (Å²) in [6, 6.07) is 17.2. The molecule has 0 N–H and O–H groups in total. The third-order valence-corrected chi connectivity index (χ3v) is 6.14. The van der Waals surface area contributed by atoms with Crippen LogP contribution in [0.5, 0.6) is 0 Å². The Morgan fingerprint density at radius 3 is 2.61 bits per heavy atom. The van der Waals surface area contributed by atoms with Gasteiger partial charge < -0.3 is 4.57 Å². The number of aromatic nitrogens is 3. The average molecular weight is 431 g/mol. The van der Waals surface area contributed by atoms with Crippen molar-refractivity contribution in [2.45, 2.75) is 38.0 Å². The fraction of sp³-hybridized carbons (Fsp3) is 0.250. The second-order valence-corrected chi connectivity index (χ2v) is 8.18. The fourth-order valence-corrected chi connectivity index (χ4v) is 4.62. The summed E-state index contributed by atoms with van der Waals surface area (Å²) in [5, 5.41) is 11.0. The second-order valence-electron chi connectivity index (χ2n) is 7.24. The zero-order valence-electron chi connectivity index (χ0n) is 17.2. The van der Waals surface area contributed by atoms with Crippen molar-refractivity contribution in [2.75, 3.05) is 5.75 Å². The average Bonchev–Trinajstić information content (AvgIpc) is 3.17. The van der Waals surface area contributed by atoms with Gasteiger partial charge in [-0.15, -0.1) is 0 Å². The van der Waals surface area contributed by atoms with Gasteiger partial charge in [0.05, 0.1) is 29.1 Å². The highest BCUT2D eigenvalue weighted by molar-refractivity contribution is 7.99. The van der Waals surface area contributed by atoms with E-state index in [2.05, 4.69) is 11.1 Å². The lowest BCUT2D eigenvalue weighted by atomic mass is 10.1. The zero-order valence-corrected chi connectivity index (χ0v) is 18.1. The molecule has 0 aliphatic carbocycles. The molecule has 0 fully saturated rings. The van der Waals surface area contributed by atoms with Crippen LogP contribution in [-0.4, -0.2) is 25.7 Å². The van der Waals surface area contributed by atoms with Crippen molar-refractivity contribution in [1.82, 2.24) is 14.1 Å². The number of Topliss-reactive ketones (excluding diaryl/α,β-unsaturated/α-hetero) is 1. The lowest BCUT2D eigenvalue weighted by molar-refractivity contribution is 0.102. The molecule has 0 bridgehead atoms. The number of benzene rings is 2. The smallest absolute Gasteiger partial charge is 0.262 e. The maximum absolute atomic E-state index is 13.1. The van der Waals surface area contributed by atoms with Crippen molar-refractivity contribution in [1.29, 1.82) is 5.26 Å². The van der Waals surface area contributed by atoms with E-state index in [0.29, 0.717) is 41.1 Å². The van der Waals surface area contributed by atoms with Crippen LogP contribution in [0.25, 0.3) is 21.8 Å². The van der Waals surface area contributed by atoms with Gasteiger partial charge in [-0.25, -0.2) is 4.98 Å². The van der Waals surface area contributed by atoms with Crippen LogP contribution in [0.1, 0.15) is 30.1 Å². The first-order valence-electron chi connectivity index (χ1n) is 10.2. The molecule has 0 saturated carbocycles. The molecule has 2 heterocycles. The number of nitriles is 1. The highest BCUT2D eigenvalue weighted by atomic mass is 32.2. The van der Waals surface area contributed by atoms with Gasteiger partial charge in [-0.3, -0.25) is 14.2 Å². The maximum atomic E-state index is 13.1. The van der Waals surface area contributed by atoms with Crippen molar-refractivity contribution in [3.8, 4) is 6.07 Å². The van der Waals surface area contributed by atoms with Gasteiger partial charge in [-0.2, -0.15) is 5.26 Å². The number of hydrogen-bond acceptors (Lipinski definition) is 5. The molecule has 0 unspecified atom stereocenters. The Morgan fingerprint density at radius 2 is 1.84 bits per heavy atom. The number of rotatable bonds is 8. The van der Waals surface area contributed by atoms with Gasteiger partial charge in [0.15, 0.2) is 10.9 Å². The van der Waals surface area contributed by atoms with E-state index in [4.69, 9.17) is 5.26 Å². The largest absolute Gasteiger partial charge is 0.346 e. The van der Waals surface area contributed by atoms with Gasteiger partial charge in [0.2, 0.25) is 0 Å². The molecular weight excluding hydrogens is 408 g/mol. The topological polar surface area (TPSA) is 80.7 Å². The summed E-state index contributed by atoms with van der Waals surface area (Å²) in [5.74, 6) is 0.156. The molecule has 0 amide bonds. The van der Waals surface area contributed by atoms with Crippen LogP contribution in [0.2, 0.25) is 0 Å². The van der Waals surface area contributed by atoms with Gasteiger partial charge >= 0.3 is 0 Å². The minimum Gasteiger partial charge on any atom is -0.346 e. The number of carbonyl (C=O) groups is 1. The molecule has 0 atom stereocenters. The molecule has 0 aliphatic heterocycles. The number of ketones is 1. The molecular formula is C24H22N4O2S. The summed E-state index contributed by atoms with van der Waals surface area (Å²) >= 11 is 1.30. The van der Waals surface area contributed by atoms with E-state index in [1.807, 2.05) is 60.2 Å². The summed E-state index contributed by atoms with van der Waals surface area (Å²) in [4.78, 5) is 30.7. The Hall–Kier alpha value is -3.37. The van der Waals surface area contributed by atoms with Crippen LogP contribution < -0.4 is 5.56 Å². The second kappa shape index (κ2) is 9.19. The van der Waals surface area contributed by atoms with Gasteiger partial charge in [-0.1, -0.05) is 49.0 Å². The Labute approximate surface area is 184 Å². The van der Waals surface area contributed by atoms with Gasteiger partial charge in [0.1, 0.15) is 0 Å². The lowest BCUT2D eigenvalue weighted by Gasteiger charge is -2.11. The van der Waals surface area contributed by atoms with Crippen molar-refractivity contribution in [3.05, 3.63) is 70.6 Å². The number of aryl methyl sites for hydroxylation is 1. The summed E-state index contributed by atoms with van der Waals surface area (Å²) in [7, 11) is 0. The minimum absolute atomic E-state index is 0.0256. The third kappa shape index (κ3) is 4.12. The number of nitrogens with zero attached hydrogens (tertiary/aromatic N) is 4. The van der Waals surface area contributed by atoms with E-state index in [-0.39, 0.29) is 17.1 Å². The molecule has 0 radical (unpaired) electrons. The van der Waals surface area contributed by atoms with Crippen LogP contribution in [0.3, 0.4) is 0 Å². The number of thioether (sulfide) groups is 1. The van der Waals surface area contributed by atoms with Crippen molar-refractivity contribution in [3.63, 3.8) is 0 Å². The van der Waals surface area contributed by atoms with Gasteiger partial charge in [-0.05, 0) is 24.6 Å². The Kier molecular flexibility index (Phi) is 6.19. The van der Waals surface area contributed by atoms with Crippen LogP contribution in [-0.2, 0) is 13.1 Å². The number of carbonyl (C=O) groups excluding carboxylic acids is 1. The first-order valence-corrected chi connectivity index (χ1v) is 11.2. The van der Waals surface area contributed by atoms with Gasteiger partial charge in [0, 0.05) is 35.8 Å². The monoisotopic (exact) mass is 430 g/mol.